The molecule has 16 heavy (non-hydrogen) atoms. The van der Waals surface area contributed by atoms with E-state index in [-0.39, 0.29) is 18.6 Å². The van der Waals surface area contributed by atoms with Gasteiger partial charge in [0.2, 0.25) is 0 Å². The molecule has 2 N–H and O–H groups in total. The lowest BCUT2D eigenvalue weighted by Crippen LogP contribution is -2.24. The molecule has 1 aromatic carbocycles. The van der Waals surface area contributed by atoms with E-state index in [0.29, 0.717) is 0 Å². The third-order valence-corrected chi connectivity index (χ3v) is 2.71. The quantitative estimate of drug-likeness (QED) is 0.801. The maximum Gasteiger partial charge on any atom is 0.131 e. The Morgan fingerprint density at radius 1 is 1.38 bits per heavy atom. The normalized spacial score (nSPS) is 29.6. The zero-order valence-corrected chi connectivity index (χ0v) is 8.44. The van der Waals surface area contributed by atoms with Crippen LogP contribution < -0.4 is 0 Å². The molecule has 0 saturated carbocycles. The molecule has 0 unspecified atom stereocenters. The highest BCUT2D eigenvalue weighted by Crippen LogP contribution is 2.34. The molecular weight excluding hydrogens is 218 g/mol. The molecule has 0 aromatic heterocycles. The molecule has 2 rings (SSSR count). The molecule has 0 amide bonds. The minimum absolute atomic E-state index is 0.202. The molecule has 5 heteroatoms. The Kier molecular flexibility index (Phi) is 3.18. The first kappa shape index (κ1) is 11.4. The highest BCUT2D eigenvalue weighted by atomic mass is 19.1. The molecule has 0 aliphatic carbocycles. The van der Waals surface area contributed by atoms with Gasteiger partial charge in [0.25, 0.3) is 0 Å². The summed E-state index contributed by atoms with van der Waals surface area (Å²) in [5, 5.41) is 18.4. The summed E-state index contributed by atoms with van der Waals surface area (Å²) < 4.78 is 31.3. The van der Waals surface area contributed by atoms with Crippen molar-refractivity contribution >= 4 is 0 Å². The highest BCUT2D eigenvalue weighted by Gasteiger charge is 2.35. The van der Waals surface area contributed by atoms with Crippen molar-refractivity contribution in [3.63, 3.8) is 0 Å². The minimum atomic E-state index is -0.820. The fourth-order valence-electron chi connectivity index (χ4n) is 1.86. The van der Waals surface area contributed by atoms with Gasteiger partial charge in [0.1, 0.15) is 17.7 Å². The van der Waals surface area contributed by atoms with Crippen molar-refractivity contribution in [1.82, 2.24) is 0 Å². The Bertz CT molecular complexity index is 383. The Morgan fingerprint density at radius 2 is 2.12 bits per heavy atom. The maximum absolute atomic E-state index is 13.4. The minimum Gasteiger partial charge on any atom is -0.394 e. The van der Waals surface area contributed by atoms with E-state index in [2.05, 4.69) is 0 Å². The Morgan fingerprint density at radius 3 is 2.69 bits per heavy atom. The van der Waals surface area contributed by atoms with Gasteiger partial charge in [-0.3, -0.25) is 0 Å². The van der Waals surface area contributed by atoms with E-state index in [9.17, 15) is 13.9 Å². The average Bonchev–Trinajstić information content (AvgIpc) is 2.59. The van der Waals surface area contributed by atoms with Crippen molar-refractivity contribution in [2.45, 2.75) is 24.7 Å². The van der Waals surface area contributed by atoms with Crippen LogP contribution in [0.3, 0.4) is 0 Å². The van der Waals surface area contributed by atoms with Gasteiger partial charge in [-0.25, -0.2) is 8.78 Å². The van der Waals surface area contributed by atoms with Crippen molar-refractivity contribution in [2.75, 3.05) is 6.61 Å². The molecule has 1 aromatic rings. The number of hydrogen-bond donors (Lipinski definition) is 2. The molecule has 3 nitrogen and oxygen atoms in total. The lowest BCUT2D eigenvalue weighted by Gasteiger charge is -2.12. The summed E-state index contributed by atoms with van der Waals surface area (Å²) in [6, 6.07) is 3.21. The first-order valence-corrected chi connectivity index (χ1v) is 5.01. The summed E-state index contributed by atoms with van der Waals surface area (Å²) in [5.41, 5.74) is 0.205. The van der Waals surface area contributed by atoms with Gasteiger partial charge < -0.3 is 14.9 Å². The van der Waals surface area contributed by atoms with E-state index >= 15 is 0 Å². The molecule has 3 atom stereocenters. The average molecular weight is 230 g/mol. The molecule has 0 bridgehead atoms. The molecule has 1 saturated heterocycles. The smallest absolute Gasteiger partial charge is 0.131 e. The standard InChI is InChI=1S/C11H12F2O3/c12-6-1-2-7(8(13)3-6)10-4-9(15)11(5-14)16-10/h1-3,9-11,14-15H,4-5H2/t9-,10+,11+/m0/s1. The molecule has 1 aliphatic rings. The van der Waals surface area contributed by atoms with E-state index < -0.39 is 29.9 Å². The summed E-state index contributed by atoms with van der Waals surface area (Å²) in [4.78, 5) is 0. The van der Waals surface area contributed by atoms with Crippen LogP contribution in [-0.4, -0.2) is 29.0 Å². The topological polar surface area (TPSA) is 49.7 Å². The predicted molar refractivity (Wildman–Crippen MR) is 51.7 cm³/mol. The fraction of sp³-hybridized carbons (Fsp3) is 0.455. The largest absolute Gasteiger partial charge is 0.394 e. The van der Waals surface area contributed by atoms with Crippen LogP contribution >= 0.6 is 0 Å². The summed E-state index contributed by atoms with van der Waals surface area (Å²) in [6.45, 7) is -0.319. The SMILES string of the molecule is OC[C@H]1O[C@@H](c2ccc(F)cc2F)C[C@@H]1O. The van der Waals surface area contributed by atoms with Crippen molar-refractivity contribution in [1.29, 1.82) is 0 Å². The number of aliphatic hydroxyl groups excluding tert-OH is 2. The second-order valence-corrected chi connectivity index (χ2v) is 3.81. The van der Waals surface area contributed by atoms with Crippen LogP contribution in [0.2, 0.25) is 0 Å². The van der Waals surface area contributed by atoms with Crippen molar-refractivity contribution in [3.05, 3.63) is 35.4 Å². The number of ether oxygens (including phenoxy) is 1. The third-order valence-electron chi connectivity index (χ3n) is 2.71. The Hall–Kier alpha value is -1.04. The van der Waals surface area contributed by atoms with Crippen molar-refractivity contribution in [3.8, 4) is 0 Å². The summed E-state index contributed by atoms with van der Waals surface area (Å²) in [5.74, 6) is -1.35. The number of halogens is 2. The molecule has 0 radical (unpaired) electrons. The van der Waals surface area contributed by atoms with Gasteiger partial charge in [-0.2, -0.15) is 0 Å². The zero-order chi connectivity index (χ0) is 11.7. The first-order valence-electron chi connectivity index (χ1n) is 5.01. The van der Waals surface area contributed by atoms with Crippen LogP contribution in [0, 0.1) is 11.6 Å². The van der Waals surface area contributed by atoms with E-state index in [0.717, 1.165) is 12.1 Å². The number of hydrogen-bond acceptors (Lipinski definition) is 3. The van der Waals surface area contributed by atoms with Crippen LogP contribution in [-0.2, 0) is 4.74 Å². The maximum atomic E-state index is 13.4. The van der Waals surface area contributed by atoms with Crippen molar-refractivity contribution in [2.24, 2.45) is 0 Å². The van der Waals surface area contributed by atoms with E-state index in [1.807, 2.05) is 0 Å². The number of benzene rings is 1. The Labute approximate surface area is 91.3 Å². The molecular formula is C11H12F2O3. The summed E-state index contributed by atoms with van der Waals surface area (Å²) in [7, 11) is 0. The van der Waals surface area contributed by atoms with Gasteiger partial charge in [0, 0.05) is 18.1 Å². The van der Waals surface area contributed by atoms with Crippen LogP contribution in [0.1, 0.15) is 18.1 Å². The van der Waals surface area contributed by atoms with Gasteiger partial charge >= 0.3 is 0 Å². The third kappa shape index (κ3) is 2.07. The van der Waals surface area contributed by atoms with Crippen LogP contribution in [0.15, 0.2) is 18.2 Å². The lowest BCUT2D eigenvalue weighted by molar-refractivity contribution is -0.0233. The number of aliphatic hydroxyl groups is 2. The van der Waals surface area contributed by atoms with E-state index in [1.165, 1.54) is 6.07 Å². The molecule has 0 spiro atoms. The van der Waals surface area contributed by atoms with Crippen LogP contribution in [0.25, 0.3) is 0 Å². The van der Waals surface area contributed by atoms with E-state index in [1.54, 1.807) is 0 Å². The van der Waals surface area contributed by atoms with Gasteiger partial charge in [0.05, 0.1) is 18.8 Å². The van der Waals surface area contributed by atoms with Gasteiger partial charge in [-0.1, -0.05) is 6.07 Å². The highest BCUT2D eigenvalue weighted by molar-refractivity contribution is 5.22. The number of rotatable bonds is 2. The van der Waals surface area contributed by atoms with Gasteiger partial charge in [-0.05, 0) is 6.07 Å². The Balaban J connectivity index is 2.20. The molecule has 88 valence electrons. The summed E-state index contributed by atoms with van der Waals surface area (Å²) in [6.07, 6.45) is -1.95. The molecule has 1 fully saturated rings. The fourth-order valence-corrected chi connectivity index (χ4v) is 1.86. The van der Waals surface area contributed by atoms with E-state index in [4.69, 9.17) is 9.84 Å². The van der Waals surface area contributed by atoms with Crippen LogP contribution in [0.4, 0.5) is 8.78 Å². The monoisotopic (exact) mass is 230 g/mol. The zero-order valence-electron chi connectivity index (χ0n) is 8.44. The molecule has 1 aliphatic heterocycles. The predicted octanol–water partition coefficient (Wildman–Crippen LogP) is 1.15. The van der Waals surface area contributed by atoms with Crippen LogP contribution in [0.5, 0.6) is 0 Å². The lowest BCUT2D eigenvalue weighted by atomic mass is 10.0. The van der Waals surface area contributed by atoms with Crippen molar-refractivity contribution < 1.29 is 23.7 Å². The first-order chi connectivity index (χ1) is 7.61. The molecule has 1 heterocycles. The second kappa shape index (κ2) is 4.45. The second-order valence-electron chi connectivity index (χ2n) is 3.81. The van der Waals surface area contributed by atoms with Gasteiger partial charge in [0.15, 0.2) is 0 Å². The van der Waals surface area contributed by atoms with Gasteiger partial charge in [-0.15, -0.1) is 0 Å². The summed E-state index contributed by atoms with van der Waals surface area (Å²) >= 11 is 0.